The Bertz CT molecular complexity index is 497. The molecule has 0 saturated carbocycles. The second-order valence-electron chi connectivity index (χ2n) is 6.00. The minimum absolute atomic E-state index is 0.345. The van der Waals surface area contributed by atoms with Gasteiger partial charge in [0.25, 0.3) is 0 Å². The van der Waals surface area contributed by atoms with Crippen molar-refractivity contribution in [2.24, 2.45) is 5.41 Å². The largest absolute Gasteiger partial charge is 0.316 e. The Morgan fingerprint density at radius 3 is 2.58 bits per heavy atom. The molecule has 19 heavy (non-hydrogen) atoms. The first-order valence-corrected chi connectivity index (χ1v) is 7.63. The fourth-order valence-corrected chi connectivity index (χ4v) is 2.68. The summed E-state index contributed by atoms with van der Waals surface area (Å²) in [6.07, 6.45) is 0.999. The van der Waals surface area contributed by atoms with Crippen LogP contribution in [0.1, 0.15) is 26.5 Å². The van der Waals surface area contributed by atoms with Crippen molar-refractivity contribution in [3.8, 4) is 10.6 Å². The van der Waals surface area contributed by atoms with Crippen molar-refractivity contribution in [2.45, 2.75) is 27.2 Å². The van der Waals surface area contributed by atoms with Crippen molar-refractivity contribution in [3.63, 3.8) is 0 Å². The predicted molar refractivity (Wildman–Crippen MR) is 83.6 cm³/mol. The van der Waals surface area contributed by atoms with Gasteiger partial charge in [-0.05, 0) is 5.41 Å². The number of aromatic nitrogens is 1. The van der Waals surface area contributed by atoms with Gasteiger partial charge in [0.2, 0.25) is 0 Å². The summed E-state index contributed by atoms with van der Waals surface area (Å²) in [5.74, 6) is 0. The van der Waals surface area contributed by atoms with E-state index in [1.807, 2.05) is 6.07 Å². The summed E-state index contributed by atoms with van der Waals surface area (Å²) in [4.78, 5) is 4.69. The SMILES string of the molecule is CC(C)(C)CNCCc1csc(-c2ccccc2)n1. The maximum absolute atomic E-state index is 4.69. The Balaban J connectivity index is 1.85. The zero-order valence-electron chi connectivity index (χ0n) is 11.9. The van der Waals surface area contributed by atoms with Gasteiger partial charge in [-0.15, -0.1) is 11.3 Å². The van der Waals surface area contributed by atoms with E-state index in [0.29, 0.717) is 5.41 Å². The van der Waals surface area contributed by atoms with Gasteiger partial charge in [0.1, 0.15) is 5.01 Å². The lowest BCUT2D eigenvalue weighted by Gasteiger charge is -2.18. The van der Waals surface area contributed by atoms with Crippen molar-refractivity contribution in [1.29, 1.82) is 0 Å². The smallest absolute Gasteiger partial charge is 0.123 e. The van der Waals surface area contributed by atoms with Crippen LogP contribution in [0.25, 0.3) is 10.6 Å². The fraction of sp³-hybridized carbons (Fsp3) is 0.438. The van der Waals surface area contributed by atoms with Crippen LogP contribution in [0.3, 0.4) is 0 Å². The summed E-state index contributed by atoms with van der Waals surface area (Å²) in [7, 11) is 0. The van der Waals surface area contributed by atoms with Crippen LogP contribution < -0.4 is 5.32 Å². The number of nitrogens with one attached hydrogen (secondary N) is 1. The first-order chi connectivity index (χ1) is 9.04. The van der Waals surface area contributed by atoms with Crippen molar-refractivity contribution < 1.29 is 0 Å². The monoisotopic (exact) mass is 274 g/mol. The van der Waals surface area contributed by atoms with E-state index < -0.39 is 0 Å². The molecule has 2 nitrogen and oxygen atoms in total. The molecule has 0 aliphatic carbocycles. The van der Waals surface area contributed by atoms with Crippen molar-refractivity contribution in [1.82, 2.24) is 10.3 Å². The maximum Gasteiger partial charge on any atom is 0.123 e. The molecule has 0 amide bonds. The molecular weight excluding hydrogens is 252 g/mol. The third kappa shape index (κ3) is 4.77. The molecule has 0 fully saturated rings. The average molecular weight is 274 g/mol. The predicted octanol–water partition coefficient (Wildman–Crippen LogP) is 3.99. The van der Waals surface area contributed by atoms with Crippen molar-refractivity contribution in [3.05, 3.63) is 41.4 Å². The van der Waals surface area contributed by atoms with E-state index in [-0.39, 0.29) is 0 Å². The first kappa shape index (κ1) is 14.2. The average Bonchev–Trinajstić information content (AvgIpc) is 2.83. The number of rotatable bonds is 5. The topological polar surface area (TPSA) is 24.9 Å². The lowest BCUT2D eigenvalue weighted by molar-refractivity contribution is 0.381. The molecule has 0 spiro atoms. The highest BCUT2D eigenvalue weighted by molar-refractivity contribution is 7.13. The summed E-state index contributed by atoms with van der Waals surface area (Å²) in [5, 5.41) is 6.77. The van der Waals surface area contributed by atoms with E-state index in [4.69, 9.17) is 4.98 Å². The standard InChI is InChI=1S/C16H22N2S/c1-16(2,3)12-17-10-9-14-11-19-15(18-14)13-7-5-4-6-8-13/h4-8,11,17H,9-10,12H2,1-3H3. The molecule has 0 aliphatic rings. The van der Waals surface area contributed by atoms with Crippen molar-refractivity contribution in [2.75, 3.05) is 13.1 Å². The van der Waals surface area contributed by atoms with E-state index in [1.165, 1.54) is 11.3 Å². The zero-order valence-corrected chi connectivity index (χ0v) is 12.8. The van der Waals surface area contributed by atoms with Crippen LogP contribution >= 0.6 is 11.3 Å². The highest BCUT2D eigenvalue weighted by atomic mass is 32.1. The van der Waals surface area contributed by atoms with Gasteiger partial charge >= 0.3 is 0 Å². The normalized spacial score (nSPS) is 11.7. The van der Waals surface area contributed by atoms with E-state index >= 15 is 0 Å². The third-order valence-corrected chi connectivity index (χ3v) is 3.73. The number of hydrogen-bond acceptors (Lipinski definition) is 3. The molecule has 0 saturated heterocycles. The number of benzene rings is 1. The quantitative estimate of drug-likeness (QED) is 0.834. The van der Waals surface area contributed by atoms with Crippen LogP contribution in [0.15, 0.2) is 35.7 Å². The van der Waals surface area contributed by atoms with Gasteiger partial charge in [-0.3, -0.25) is 0 Å². The molecule has 0 bridgehead atoms. The molecule has 0 radical (unpaired) electrons. The number of thiazole rings is 1. The summed E-state index contributed by atoms with van der Waals surface area (Å²) in [6.45, 7) is 8.78. The van der Waals surface area contributed by atoms with E-state index in [2.05, 4.69) is 55.7 Å². The molecule has 0 atom stereocenters. The highest BCUT2D eigenvalue weighted by Gasteiger charge is 2.09. The van der Waals surface area contributed by atoms with Gasteiger partial charge in [0, 0.05) is 30.5 Å². The molecule has 2 aromatic rings. The molecule has 0 aliphatic heterocycles. The third-order valence-electron chi connectivity index (χ3n) is 2.79. The minimum Gasteiger partial charge on any atom is -0.316 e. The molecule has 3 heteroatoms. The summed E-state index contributed by atoms with van der Waals surface area (Å²) in [5.41, 5.74) is 2.74. The van der Waals surface area contributed by atoms with Crippen LogP contribution in [0.5, 0.6) is 0 Å². The van der Waals surface area contributed by atoms with Gasteiger partial charge in [0.05, 0.1) is 5.69 Å². The van der Waals surface area contributed by atoms with Gasteiger partial charge in [-0.2, -0.15) is 0 Å². The van der Waals surface area contributed by atoms with Crippen LogP contribution in [0.2, 0.25) is 0 Å². The van der Waals surface area contributed by atoms with Crippen molar-refractivity contribution >= 4 is 11.3 Å². The van der Waals surface area contributed by atoms with Crippen LogP contribution in [0.4, 0.5) is 0 Å². The maximum atomic E-state index is 4.69. The Morgan fingerprint density at radius 1 is 1.16 bits per heavy atom. The second kappa shape index (κ2) is 6.31. The molecule has 0 unspecified atom stereocenters. The molecule has 1 aromatic heterocycles. The van der Waals surface area contributed by atoms with Gasteiger partial charge < -0.3 is 5.32 Å². The Morgan fingerprint density at radius 2 is 1.89 bits per heavy atom. The lowest BCUT2D eigenvalue weighted by Crippen LogP contribution is -2.28. The molecule has 1 aromatic carbocycles. The molecule has 1 heterocycles. The molecule has 2 rings (SSSR count). The van der Waals surface area contributed by atoms with Gasteiger partial charge in [-0.1, -0.05) is 51.1 Å². The summed E-state index contributed by atoms with van der Waals surface area (Å²) < 4.78 is 0. The fourth-order valence-electron chi connectivity index (χ4n) is 1.81. The number of nitrogens with zero attached hydrogens (tertiary/aromatic N) is 1. The highest BCUT2D eigenvalue weighted by Crippen LogP contribution is 2.23. The minimum atomic E-state index is 0.345. The lowest BCUT2D eigenvalue weighted by atomic mass is 9.97. The Labute approximate surface area is 119 Å². The van der Waals surface area contributed by atoms with E-state index in [9.17, 15) is 0 Å². The summed E-state index contributed by atoms with van der Waals surface area (Å²) >= 11 is 1.73. The molecule has 1 N–H and O–H groups in total. The van der Waals surface area contributed by atoms with Crippen LogP contribution in [-0.2, 0) is 6.42 Å². The van der Waals surface area contributed by atoms with Crippen LogP contribution in [0, 0.1) is 5.41 Å². The van der Waals surface area contributed by atoms with Crippen LogP contribution in [-0.4, -0.2) is 18.1 Å². The second-order valence-corrected chi connectivity index (χ2v) is 6.86. The zero-order chi connectivity index (χ0) is 13.7. The van der Waals surface area contributed by atoms with E-state index in [1.54, 1.807) is 11.3 Å². The van der Waals surface area contributed by atoms with Gasteiger partial charge in [-0.25, -0.2) is 4.98 Å². The Hall–Kier alpha value is -1.19. The van der Waals surface area contributed by atoms with Gasteiger partial charge in [0.15, 0.2) is 0 Å². The molecule has 102 valence electrons. The summed E-state index contributed by atoms with van der Waals surface area (Å²) in [6, 6.07) is 10.4. The Kier molecular flexibility index (Phi) is 4.72. The molecular formula is C16H22N2S. The van der Waals surface area contributed by atoms with E-state index in [0.717, 1.165) is 24.5 Å². The first-order valence-electron chi connectivity index (χ1n) is 6.75. The number of hydrogen-bond donors (Lipinski definition) is 1.